The molecular formula is C15H21NO4. The van der Waals surface area contributed by atoms with E-state index in [0.29, 0.717) is 6.54 Å². The van der Waals surface area contributed by atoms with Crippen molar-refractivity contribution in [3.8, 4) is 11.5 Å². The lowest BCUT2D eigenvalue weighted by Crippen LogP contribution is -3.13. The lowest BCUT2D eigenvalue weighted by Gasteiger charge is -2.33. The van der Waals surface area contributed by atoms with E-state index in [9.17, 15) is 9.90 Å². The van der Waals surface area contributed by atoms with Gasteiger partial charge in [-0.25, -0.2) is 0 Å². The summed E-state index contributed by atoms with van der Waals surface area (Å²) < 4.78 is 10.7. The number of carbonyl (C=O) groups is 1. The molecule has 20 heavy (non-hydrogen) atoms. The molecule has 0 amide bonds. The van der Waals surface area contributed by atoms with Crippen molar-refractivity contribution in [1.29, 1.82) is 0 Å². The zero-order valence-electron chi connectivity index (χ0n) is 12.2. The molecule has 0 radical (unpaired) electrons. The van der Waals surface area contributed by atoms with Crippen molar-refractivity contribution in [2.24, 2.45) is 0 Å². The molecule has 0 aromatic heterocycles. The van der Waals surface area contributed by atoms with E-state index >= 15 is 0 Å². The van der Waals surface area contributed by atoms with Crippen LogP contribution in [0.4, 0.5) is 0 Å². The first-order valence-electron chi connectivity index (χ1n) is 6.86. The monoisotopic (exact) mass is 279 g/mol. The van der Waals surface area contributed by atoms with Gasteiger partial charge in [-0.1, -0.05) is 0 Å². The fourth-order valence-corrected chi connectivity index (χ4v) is 2.89. The highest BCUT2D eigenvalue weighted by molar-refractivity contribution is 5.64. The van der Waals surface area contributed by atoms with Gasteiger partial charge in [-0.2, -0.15) is 0 Å². The minimum Gasteiger partial charge on any atom is -0.550 e. The van der Waals surface area contributed by atoms with Gasteiger partial charge in [0, 0.05) is 24.4 Å². The predicted molar refractivity (Wildman–Crippen MR) is 72.0 cm³/mol. The van der Waals surface area contributed by atoms with Crippen LogP contribution < -0.4 is 19.5 Å². The molecule has 2 rings (SSSR count). The van der Waals surface area contributed by atoms with Gasteiger partial charge >= 0.3 is 0 Å². The van der Waals surface area contributed by atoms with Gasteiger partial charge in [0.1, 0.15) is 6.04 Å². The number of hydrogen-bond acceptors (Lipinski definition) is 4. The Kier molecular flexibility index (Phi) is 4.49. The number of hydrogen-bond donors (Lipinski definition) is 1. The molecule has 110 valence electrons. The fourth-order valence-electron chi connectivity index (χ4n) is 2.89. The second kappa shape index (κ2) is 6.13. The molecule has 0 spiro atoms. The largest absolute Gasteiger partial charge is 0.550 e. The number of fused-ring (bicyclic) bond motifs is 1. The van der Waals surface area contributed by atoms with E-state index in [4.69, 9.17) is 9.47 Å². The van der Waals surface area contributed by atoms with Crippen LogP contribution in [0, 0.1) is 0 Å². The van der Waals surface area contributed by atoms with E-state index in [1.165, 1.54) is 16.0 Å². The van der Waals surface area contributed by atoms with Gasteiger partial charge in [0.2, 0.25) is 0 Å². The van der Waals surface area contributed by atoms with E-state index in [1.54, 1.807) is 14.2 Å². The molecule has 0 saturated heterocycles. The fraction of sp³-hybridized carbons (Fsp3) is 0.533. The maximum absolute atomic E-state index is 10.6. The first-order valence-corrected chi connectivity index (χ1v) is 6.86. The molecule has 0 fully saturated rings. The summed E-state index contributed by atoms with van der Waals surface area (Å²) in [5.41, 5.74) is 2.47. The van der Waals surface area contributed by atoms with E-state index in [-0.39, 0.29) is 12.5 Å². The highest BCUT2D eigenvalue weighted by Crippen LogP contribution is 2.33. The molecule has 0 bridgehead atoms. The summed E-state index contributed by atoms with van der Waals surface area (Å²) in [6.07, 6.45) is 1.02. The zero-order chi connectivity index (χ0) is 14.7. The minimum atomic E-state index is -0.984. The Labute approximate surface area is 119 Å². The molecule has 5 nitrogen and oxygen atoms in total. The summed E-state index contributed by atoms with van der Waals surface area (Å²) >= 11 is 0. The van der Waals surface area contributed by atoms with Gasteiger partial charge in [0.15, 0.2) is 11.5 Å². The van der Waals surface area contributed by atoms with E-state index in [1.807, 2.05) is 12.1 Å². The van der Waals surface area contributed by atoms with Crippen molar-refractivity contribution < 1.29 is 24.3 Å². The summed E-state index contributed by atoms with van der Waals surface area (Å²) in [5.74, 6) is 0.485. The molecule has 1 aliphatic heterocycles. The number of quaternary nitrogens is 1. The Hall–Kier alpha value is -1.75. The van der Waals surface area contributed by atoms with Gasteiger partial charge in [-0.05, 0) is 24.6 Å². The molecule has 2 atom stereocenters. The standard InChI is InChI=1S/C15H21NO4/c1-10-12-9-14(20-3)13(19-2)8-11(12)4-6-16(10)7-5-15(17)18/h8-10H,4-7H2,1-3H3,(H,17,18)/t10-/m0/s1. The number of aliphatic carboxylic acids is 1. The van der Waals surface area contributed by atoms with Crippen LogP contribution in [0.3, 0.4) is 0 Å². The summed E-state index contributed by atoms with van der Waals surface area (Å²) in [6.45, 7) is 3.64. The molecule has 1 aromatic carbocycles. The van der Waals surface area contributed by atoms with Crippen LogP contribution in [0.1, 0.15) is 30.5 Å². The van der Waals surface area contributed by atoms with Crippen LogP contribution in [0.5, 0.6) is 11.5 Å². The lowest BCUT2D eigenvalue weighted by atomic mass is 9.92. The smallest absolute Gasteiger partial charge is 0.161 e. The summed E-state index contributed by atoms with van der Waals surface area (Å²) in [5, 5.41) is 10.6. The Morgan fingerprint density at radius 2 is 2.00 bits per heavy atom. The lowest BCUT2D eigenvalue weighted by molar-refractivity contribution is -0.931. The topological polar surface area (TPSA) is 63.0 Å². The van der Waals surface area contributed by atoms with Crippen LogP contribution >= 0.6 is 0 Å². The maximum Gasteiger partial charge on any atom is 0.161 e. The summed E-state index contributed by atoms with van der Waals surface area (Å²) in [6, 6.07) is 4.29. The van der Waals surface area contributed by atoms with E-state index in [2.05, 4.69) is 6.92 Å². The van der Waals surface area contributed by atoms with E-state index in [0.717, 1.165) is 24.5 Å². The molecule has 1 N–H and O–H groups in total. The number of carboxylic acid groups (broad SMARTS) is 1. The predicted octanol–water partition coefficient (Wildman–Crippen LogP) is -0.654. The second-order valence-corrected chi connectivity index (χ2v) is 5.16. The van der Waals surface area contributed by atoms with Gasteiger partial charge in [-0.15, -0.1) is 0 Å². The number of methoxy groups -OCH3 is 2. The molecule has 1 aromatic rings. The molecule has 0 aliphatic carbocycles. The van der Waals surface area contributed by atoms with Crippen molar-refractivity contribution >= 4 is 5.97 Å². The molecule has 1 unspecified atom stereocenters. The quantitative estimate of drug-likeness (QED) is 0.778. The summed E-state index contributed by atoms with van der Waals surface area (Å²) in [7, 11) is 3.26. The Bertz CT molecular complexity index is 501. The minimum absolute atomic E-state index is 0.0995. The molecule has 1 heterocycles. The first-order chi connectivity index (χ1) is 9.56. The number of carboxylic acids is 1. The molecular weight excluding hydrogens is 258 g/mol. The van der Waals surface area contributed by atoms with Crippen molar-refractivity contribution in [3.05, 3.63) is 23.3 Å². The third-order valence-electron chi connectivity index (χ3n) is 4.09. The van der Waals surface area contributed by atoms with Gasteiger partial charge < -0.3 is 24.3 Å². The Morgan fingerprint density at radius 3 is 2.60 bits per heavy atom. The first kappa shape index (κ1) is 14.7. The molecule has 1 aliphatic rings. The van der Waals surface area contributed by atoms with Crippen LogP contribution in [0.25, 0.3) is 0 Å². The van der Waals surface area contributed by atoms with Gasteiger partial charge in [0.05, 0.1) is 27.3 Å². The number of rotatable bonds is 5. The number of carbonyl (C=O) groups excluding carboxylic acids is 1. The highest BCUT2D eigenvalue weighted by Gasteiger charge is 2.28. The van der Waals surface area contributed by atoms with Crippen LogP contribution in [-0.2, 0) is 11.2 Å². The third kappa shape index (κ3) is 2.88. The SMILES string of the molecule is COc1cc2c(cc1OC)[C@H](C)[NH+](CCC(=O)[O-])CC2. The third-order valence-corrected chi connectivity index (χ3v) is 4.09. The maximum atomic E-state index is 10.6. The van der Waals surface area contributed by atoms with Crippen molar-refractivity contribution in [1.82, 2.24) is 0 Å². The highest BCUT2D eigenvalue weighted by atomic mass is 16.5. The van der Waals surface area contributed by atoms with Gasteiger partial charge in [-0.3, -0.25) is 0 Å². The molecule has 5 heteroatoms. The van der Waals surface area contributed by atoms with Crippen molar-refractivity contribution in [2.75, 3.05) is 27.3 Å². The molecule has 0 saturated carbocycles. The number of ether oxygens (including phenoxy) is 2. The Morgan fingerprint density at radius 1 is 1.35 bits per heavy atom. The summed E-state index contributed by atoms with van der Waals surface area (Å²) in [4.78, 5) is 11.9. The van der Waals surface area contributed by atoms with Crippen LogP contribution in [0.15, 0.2) is 12.1 Å². The number of benzene rings is 1. The zero-order valence-corrected chi connectivity index (χ0v) is 12.2. The normalized spacial score (nSPS) is 21.1. The van der Waals surface area contributed by atoms with Crippen LogP contribution in [-0.4, -0.2) is 33.3 Å². The average Bonchev–Trinajstić information content (AvgIpc) is 2.45. The number of nitrogens with one attached hydrogen (secondary N) is 1. The van der Waals surface area contributed by atoms with Crippen LogP contribution in [0.2, 0.25) is 0 Å². The van der Waals surface area contributed by atoms with Crippen molar-refractivity contribution in [3.63, 3.8) is 0 Å². The van der Waals surface area contributed by atoms with Gasteiger partial charge in [0.25, 0.3) is 0 Å². The average molecular weight is 279 g/mol. The van der Waals surface area contributed by atoms with Crippen molar-refractivity contribution in [2.45, 2.75) is 25.8 Å². The Balaban J connectivity index is 2.24. The van der Waals surface area contributed by atoms with E-state index < -0.39 is 5.97 Å². The second-order valence-electron chi connectivity index (χ2n) is 5.16.